The van der Waals surface area contributed by atoms with Crippen molar-refractivity contribution >= 4 is 11.8 Å². The van der Waals surface area contributed by atoms with E-state index in [4.69, 9.17) is 0 Å². The van der Waals surface area contributed by atoms with E-state index in [2.05, 4.69) is 101 Å². The summed E-state index contributed by atoms with van der Waals surface area (Å²) in [6.45, 7) is 11.2. The quantitative estimate of drug-likeness (QED) is 0.172. The number of H-pyrrole nitrogens is 2. The Bertz CT molecular complexity index is 1620. The van der Waals surface area contributed by atoms with Crippen LogP contribution in [0.2, 0.25) is 0 Å². The van der Waals surface area contributed by atoms with Gasteiger partial charge in [0, 0.05) is 19.5 Å². The molecule has 9 nitrogen and oxygen atoms in total. The van der Waals surface area contributed by atoms with Gasteiger partial charge in [-0.2, -0.15) is 0 Å². The predicted molar refractivity (Wildman–Crippen MR) is 182 cm³/mol. The predicted octanol–water partition coefficient (Wildman–Crippen LogP) is 6.75. The zero-order valence-electron chi connectivity index (χ0n) is 27.6. The van der Waals surface area contributed by atoms with Crippen molar-refractivity contribution in [3.05, 3.63) is 72.6 Å². The molecular formula is C37H47N7O2. The van der Waals surface area contributed by atoms with E-state index in [-0.39, 0.29) is 23.9 Å². The van der Waals surface area contributed by atoms with Gasteiger partial charge >= 0.3 is 0 Å². The van der Waals surface area contributed by atoms with Crippen LogP contribution in [-0.2, 0) is 9.59 Å². The van der Waals surface area contributed by atoms with E-state index in [1.165, 1.54) is 0 Å². The molecule has 0 radical (unpaired) electrons. The van der Waals surface area contributed by atoms with Crippen molar-refractivity contribution in [2.24, 2.45) is 11.8 Å². The highest BCUT2D eigenvalue weighted by Crippen LogP contribution is 2.34. The molecule has 6 rings (SSSR count). The summed E-state index contributed by atoms with van der Waals surface area (Å²) in [4.78, 5) is 46.0. The van der Waals surface area contributed by atoms with Gasteiger partial charge in [-0.3, -0.25) is 9.59 Å². The highest BCUT2D eigenvalue weighted by atomic mass is 16.2. The van der Waals surface area contributed by atoms with Crippen molar-refractivity contribution in [1.29, 1.82) is 0 Å². The fraction of sp³-hybridized carbons (Fsp3) is 0.459. The van der Waals surface area contributed by atoms with Gasteiger partial charge in [-0.05, 0) is 66.3 Å². The van der Waals surface area contributed by atoms with Crippen molar-refractivity contribution in [2.75, 3.05) is 26.2 Å². The number of carbonyl (C=O) groups is 2. The van der Waals surface area contributed by atoms with E-state index in [1.807, 2.05) is 22.2 Å². The molecule has 242 valence electrons. The maximum absolute atomic E-state index is 12.9. The Hall–Kier alpha value is -4.24. The summed E-state index contributed by atoms with van der Waals surface area (Å²) < 4.78 is 0. The number of likely N-dealkylation sites (tertiary alicyclic amines) is 2. The monoisotopic (exact) mass is 621 g/mol. The lowest BCUT2D eigenvalue weighted by molar-refractivity contribution is -0.133. The van der Waals surface area contributed by atoms with E-state index in [0.29, 0.717) is 24.8 Å². The number of hydrogen-bond donors (Lipinski definition) is 3. The molecule has 2 fully saturated rings. The smallest absolute Gasteiger partial charge is 0.237 e. The molecule has 4 heterocycles. The third-order valence-corrected chi connectivity index (χ3v) is 9.11. The molecular weight excluding hydrogens is 574 g/mol. The lowest BCUT2D eigenvalue weighted by Gasteiger charge is -2.24. The highest BCUT2D eigenvalue weighted by Gasteiger charge is 2.33. The Labute approximate surface area is 272 Å². The zero-order valence-corrected chi connectivity index (χ0v) is 27.6. The molecule has 0 spiro atoms. The van der Waals surface area contributed by atoms with Gasteiger partial charge in [-0.15, -0.1) is 0 Å². The first-order chi connectivity index (χ1) is 22.3. The number of nitrogens with one attached hydrogen (secondary N) is 3. The zero-order chi connectivity index (χ0) is 32.2. The maximum atomic E-state index is 12.9. The van der Waals surface area contributed by atoms with Crippen molar-refractivity contribution in [3.8, 4) is 33.6 Å². The molecule has 1 unspecified atom stereocenters. The normalized spacial score (nSPS) is 18.3. The van der Waals surface area contributed by atoms with Crippen molar-refractivity contribution < 1.29 is 9.59 Å². The highest BCUT2D eigenvalue weighted by molar-refractivity contribution is 5.79. The fourth-order valence-electron chi connectivity index (χ4n) is 6.72. The third-order valence-electron chi connectivity index (χ3n) is 9.11. The first kappa shape index (κ1) is 31.7. The van der Waals surface area contributed by atoms with Crippen molar-refractivity contribution in [1.82, 2.24) is 35.1 Å². The second-order valence-electron chi connectivity index (χ2n) is 13.6. The maximum Gasteiger partial charge on any atom is 0.237 e. The fourth-order valence-corrected chi connectivity index (χ4v) is 6.72. The van der Waals surface area contributed by atoms with Crippen LogP contribution in [0.4, 0.5) is 0 Å². The number of aromatic nitrogens is 4. The minimum absolute atomic E-state index is 0.00435. The van der Waals surface area contributed by atoms with Gasteiger partial charge in [-0.1, -0.05) is 76.2 Å². The van der Waals surface area contributed by atoms with Crippen molar-refractivity contribution in [2.45, 2.75) is 71.9 Å². The molecule has 0 saturated carbocycles. The topological polar surface area (TPSA) is 110 Å². The van der Waals surface area contributed by atoms with E-state index in [1.54, 1.807) is 0 Å². The summed E-state index contributed by atoms with van der Waals surface area (Å²) in [7, 11) is 0. The second-order valence-corrected chi connectivity index (χ2v) is 13.6. The number of carbonyl (C=O) groups excluding carboxylic acids is 2. The molecule has 9 heteroatoms. The number of aromatic amines is 2. The lowest BCUT2D eigenvalue weighted by Crippen LogP contribution is -2.39. The second kappa shape index (κ2) is 14.0. The van der Waals surface area contributed by atoms with Gasteiger partial charge in [-0.25, -0.2) is 9.97 Å². The molecule has 2 aromatic carbocycles. The summed E-state index contributed by atoms with van der Waals surface area (Å²) in [6, 6.07) is 17.0. The number of nitrogens with zero attached hydrogens (tertiary/aromatic N) is 4. The average molecular weight is 622 g/mol. The van der Waals surface area contributed by atoms with E-state index in [9.17, 15) is 9.59 Å². The Morgan fingerprint density at radius 3 is 1.63 bits per heavy atom. The molecule has 0 bridgehead atoms. The summed E-state index contributed by atoms with van der Waals surface area (Å²) in [5.41, 5.74) is 6.31. The number of rotatable bonds is 11. The van der Waals surface area contributed by atoms with Gasteiger partial charge in [0.2, 0.25) is 11.8 Å². The minimum Gasteiger partial charge on any atom is -0.340 e. The largest absolute Gasteiger partial charge is 0.340 e. The molecule has 2 amide bonds. The molecule has 2 aliphatic rings. The van der Waals surface area contributed by atoms with Gasteiger partial charge in [0.05, 0.1) is 42.4 Å². The van der Waals surface area contributed by atoms with Crippen molar-refractivity contribution in [3.63, 3.8) is 0 Å². The summed E-state index contributed by atoms with van der Waals surface area (Å²) in [6.07, 6.45) is 8.20. The van der Waals surface area contributed by atoms with Crippen LogP contribution in [0, 0.1) is 11.8 Å². The number of amides is 2. The molecule has 2 aromatic heterocycles. The number of benzene rings is 2. The van der Waals surface area contributed by atoms with Crippen LogP contribution in [0.3, 0.4) is 0 Å². The van der Waals surface area contributed by atoms with Gasteiger partial charge < -0.3 is 25.1 Å². The average Bonchev–Trinajstić information content (AvgIpc) is 3.87. The first-order valence-electron chi connectivity index (χ1n) is 16.9. The number of hydrogen-bond acceptors (Lipinski definition) is 5. The van der Waals surface area contributed by atoms with Gasteiger partial charge in [0.1, 0.15) is 11.6 Å². The van der Waals surface area contributed by atoms with E-state index < -0.39 is 0 Å². The van der Waals surface area contributed by atoms with Crippen LogP contribution in [0.1, 0.15) is 83.5 Å². The van der Waals surface area contributed by atoms with Crippen LogP contribution >= 0.6 is 0 Å². The summed E-state index contributed by atoms with van der Waals surface area (Å²) in [5.74, 6) is 2.95. The van der Waals surface area contributed by atoms with Crippen LogP contribution in [0.25, 0.3) is 33.6 Å². The molecule has 2 aliphatic heterocycles. The SMILES string of the molecule is CC(C)CNCC(=O)N1CCCC1c1ncc(-c2ccc(-c3ccc(-c4cnc([C@@H]5CCCN5C(=O)CC(C)C)[nH]4)cc3)cc2)[nH]1. The Morgan fingerprint density at radius 1 is 0.717 bits per heavy atom. The van der Waals surface area contributed by atoms with Crippen LogP contribution < -0.4 is 5.32 Å². The third kappa shape index (κ3) is 7.09. The van der Waals surface area contributed by atoms with Crippen LogP contribution in [0.15, 0.2) is 60.9 Å². The van der Waals surface area contributed by atoms with Gasteiger partial charge in [0.25, 0.3) is 0 Å². The van der Waals surface area contributed by atoms with E-state index >= 15 is 0 Å². The Kier molecular flexibility index (Phi) is 9.68. The molecule has 2 saturated heterocycles. The standard InChI is InChI=1S/C37H47N7O2/c1-24(2)19-34(45)43-17-5-7-32(43)36-39-21-30(41-36)28-13-9-26(10-14-28)27-11-15-29(16-12-27)31-22-40-37(42-31)33-8-6-18-44(33)35(46)23-38-20-25(3)4/h9-16,21-22,24-25,32-33,38H,5-8,17-20,23H2,1-4H3,(H,39,41)(H,40,42)/t32-,33?/m0/s1. The molecule has 3 N–H and O–H groups in total. The lowest BCUT2D eigenvalue weighted by atomic mass is 10.0. The van der Waals surface area contributed by atoms with Gasteiger partial charge in [0.15, 0.2) is 0 Å². The molecule has 4 aromatic rings. The Balaban J connectivity index is 1.09. The summed E-state index contributed by atoms with van der Waals surface area (Å²) in [5, 5.41) is 3.28. The van der Waals surface area contributed by atoms with E-state index in [0.717, 1.165) is 90.6 Å². The number of imidazole rings is 2. The minimum atomic E-state index is -0.00435. The Morgan fingerprint density at radius 2 is 1.17 bits per heavy atom. The molecule has 46 heavy (non-hydrogen) atoms. The molecule has 0 aliphatic carbocycles. The van der Waals surface area contributed by atoms with Crippen LogP contribution in [0.5, 0.6) is 0 Å². The molecule has 2 atom stereocenters. The van der Waals surface area contributed by atoms with Crippen LogP contribution in [-0.4, -0.2) is 67.7 Å². The first-order valence-corrected chi connectivity index (χ1v) is 16.9. The summed E-state index contributed by atoms with van der Waals surface area (Å²) >= 11 is 0.